The van der Waals surface area contributed by atoms with Gasteiger partial charge in [-0.1, -0.05) is 12.1 Å². The van der Waals surface area contributed by atoms with Crippen LogP contribution in [-0.4, -0.2) is 9.97 Å². The summed E-state index contributed by atoms with van der Waals surface area (Å²) in [5.74, 6) is -0.793. The van der Waals surface area contributed by atoms with E-state index in [1.807, 2.05) is 0 Å². The lowest BCUT2D eigenvalue weighted by Gasteiger charge is -2.01. The fourth-order valence-electron chi connectivity index (χ4n) is 2.35. The molecule has 0 aliphatic rings. The third-order valence-corrected chi connectivity index (χ3v) is 4.69. The van der Waals surface area contributed by atoms with Gasteiger partial charge in [-0.3, -0.25) is 0 Å². The molecule has 0 fully saturated rings. The molecule has 8 heteroatoms. The van der Waals surface area contributed by atoms with Gasteiger partial charge >= 0.3 is 0 Å². The highest BCUT2D eigenvalue weighted by Gasteiger charge is 2.04. The van der Waals surface area contributed by atoms with E-state index in [2.05, 4.69) is 41.8 Å². The quantitative estimate of drug-likeness (QED) is 0.312. The molecule has 0 bridgehead atoms. The maximum Gasteiger partial charge on any atom is 0.214 e. The topological polar surface area (TPSA) is 51.8 Å². The van der Waals surface area contributed by atoms with Crippen LogP contribution in [0.15, 0.2) is 57.7 Å². The van der Waals surface area contributed by atoms with Crippen molar-refractivity contribution in [1.82, 2.24) is 9.97 Å². The van der Waals surface area contributed by atoms with Gasteiger partial charge in [-0.25, -0.2) is 18.7 Å². The van der Waals surface area contributed by atoms with Crippen molar-refractivity contribution in [2.75, 3.05) is 5.73 Å². The Kier molecular flexibility index (Phi) is 5.43. The lowest BCUT2D eigenvalue weighted by molar-refractivity contribution is 0.583. The van der Waals surface area contributed by atoms with Crippen molar-refractivity contribution in [3.63, 3.8) is 0 Å². The van der Waals surface area contributed by atoms with E-state index >= 15 is 0 Å². The highest BCUT2D eigenvalue weighted by molar-refractivity contribution is 9.10. The van der Waals surface area contributed by atoms with Crippen molar-refractivity contribution in [2.24, 2.45) is 0 Å². The van der Waals surface area contributed by atoms with Crippen LogP contribution in [0.25, 0.3) is 21.5 Å². The van der Waals surface area contributed by atoms with Crippen molar-refractivity contribution in [3.8, 4) is 0 Å². The van der Waals surface area contributed by atoms with E-state index in [4.69, 9.17) is 5.73 Å². The summed E-state index contributed by atoms with van der Waals surface area (Å²) in [6.45, 7) is 0. The molecule has 2 N–H and O–H groups in total. The number of rotatable bonds is 0. The van der Waals surface area contributed by atoms with Crippen LogP contribution < -0.4 is 5.73 Å². The van der Waals surface area contributed by atoms with E-state index in [1.165, 1.54) is 36.4 Å². The summed E-state index contributed by atoms with van der Waals surface area (Å²) in [6, 6.07) is 11.6. The fourth-order valence-corrected chi connectivity index (χ4v) is 3.41. The smallest absolute Gasteiger partial charge is 0.214 e. The van der Waals surface area contributed by atoms with Gasteiger partial charge in [-0.15, -0.1) is 0 Å². The number of nitrogens with two attached hydrogens (primary N) is 1. The Morgan fingerprint density at radius 2 is 1.19 bits per heavy atom. The Labute approximate surface area is 163 Å². The third-order valence-electron chi connectivity index (χ3n) is 3.49. The van der Waals surface area contributed by atoms with Crippen molar-refractivity contribution in [3.05, 3.63) is 75.3 Å². The number of nitrogens with zero attached hydrogens (tertiary/aromatic N) is 2. The summed E-state index contributed by atoms with van der Waals surface area (Å²) in [7, 11) is 0. The van der Waals surface area contributed by atoms with Gasteiger partial charge in [0.15, 0.2) is 0 Å². The second kappa shape index (κ2) is 7.59. The van der Waals surface area contributed by atoms with Crippen LogP contribution in [0, 0.1) is 17.6 Å². The maximum absolute atomic E-state index is 12.8. The zero-order chi connectivity index (χ0) is 18.8. The number of aromatic nitrogens is 2. The molecule has 0 saturated heterocycles. The Bertz CT molecular complexity index is 1030. The number of halogens is 5. The third kappa shape index (κ3) is 4.13. The van der Waals surface area contributed by atoms with Gasteiger partial charge in [0.2, 0.25) is 5.95 Å². The average molecular weight is 485 g/mol. The number of benzene rings is 2. The second-order valence-corrected chi connectivity index (χ2v) is 6.81. The van der Waals surface area contributed by atoms with Crippen LogP contribution >= 0.6 is 31.9 Å². The van der Waals surface area contributed by atoms with E-state index in [9.17, 15) is 13.2 Å². The summed E-state index contributed by atoms with van der Waals surface area (Å²) in [5, 5.41) is 2.80. The molecule has 2 aromatic heterocycles. The standard InChI is InChI=1S/C9H4BrF2N.C9H6BrFN2/c2*10-9-7-4-6(11)2-1-5(7)3-8(12)13-9/h1-4H;1-4H,(H2,12,13). The van der Waals surface area contributed by atoms with Crippen molar-refractivity contribution in [1.29, 1.82) is 0 Å². The van der Waals surface area contributed by atoms with Gasteiger partial charge in [-0.2, -0.15) is 4.39 Å². The van der Waals surface area contributed by atoms with Crippen LogP contribution in [0.2, 0.25) is 0 Å². The lowest BCUT2D eigenvalue weighted by Crippen LogP contribution is -1.91. The number of anilines is 1. The molecule has 4 rings (SSSR count). The molecule has 0 amide bonds. The molecule has 0 radical (unpaired) electrons. The molecule has 0 saturated carbocycles. The van der Waals surface area contributed by atoms with E-state index < -0.39 is 5.95 Å². The summed E-state index contributed by atoms with van der Waals surface area (Å²) >= 11 is 6.29. The predicted molar refractivity (Wildman–Crippen MR) is 103 cm³/mol. The van der Waals surface area contributed by atoms with Crippen LogP contribution in [0.5, 0.6) is 0 Å². The molecule has 0 atom stereocenters. The van der Waals surface area contributed by atoms with Crippen molar-refractivity contribution >= 4 is 59.2 Å². The Balaban J connectivity index is 0.000000151. The molecule has 26 heavy (non-hydrogen) atoms. The fraction of sp³-hybridized carbons (Fsp3) is 0. The summed E-state index contributed by atoms with van der Waals surface area (Å²) in [5.41, 5.74) is 5.53. The predicted octanol–water partition coefficient (Wildman–Crippen LogP) is 5.99. The van der Waals surface area contributed by atoms with Gasteiger partial charge in [0.05, 0.1) is 0 Å². The van der Waals surface area contributed by atoms with Crippen LogP contribution in [0.4, 0.5) is 19.0 Å². The molecule has 0 unspecified atom stereocenters. The largest absolute Gasteiger partial charge is 0.384 e. The molecule has 0 aliphatic carbocycles. The highest BCUT2D eigenvalue weighted by Crippen LogP contribution is 2.25. The molecule has 0 spiro atoms. The maximum atomic E-state index is 12.8. The van der Waals surface area contributed by atoms with Crippen LogP contribution in [0.3, 0.4) is 0 Å². The Hall–Kier alpha value is -2.19. The summed E-state index contributed by atoms with van der Waals surface area (Å²) in [4.78, 5) is 7.50. The van der Waals surface area contributed by atoms with Crippen LogP contribution in [0.1, 0.15) is 0 Å². The Morgan fingerprint density at radius 3 is 1.77 bits per heavy atom. The summed E-state index contributed by atoms with van der Waals surface area (Å²) < 4.78 is 39.3. The second-order valence-electron chi connectivity index (χ2n) is 5.30. The first kappa shape index (κ1) is 18.6. The zero-order valence-corrected chi connectivity index (χ0v) is 16.2. The minimum atomic E-state index is -0.578. The number of fused-ring (bicyclic) bond motifs is 2. The Morgan fingerprint density at radius 1 is 0.692 bits per heavy atom. The average Bonchev–Trinajstić information content (AvgIpc) is 2.57. The van der Waals surface area contributed by atoms with Gasteiger partial charge in [0.25, 0.3) is 0 Å². The van der Waals surface area contributed by atoms with Crippen LogP contribution in [-0.2, 0) is 0 Å². The molecule has 0 aliphatic heterocycles. The number of hydrogen-bond acceptors (Lipinski definition) is 3. The molecule has 3 nitrogen and oxygen atoms in total. The first-order valence-corrected chi connectivity index (χ1v) is 8.84. The van der Waals surface area contributed by atoms with E-state index in [-0.39, 0.29) is 11.6 Å². The number of pyridine rings is 2. The minimum absolute atomic E-state index is 0.278. The SMILES string of the molecule is Fc1ccc2cc(F)nc(Br)c2c1.Nc1cc2ccc(F)cc2c(Br)n1. The lowest BCUT2D eigenvalue weighted by atomic mass is 10.2. The normalized spacial score (nSPS) is 10.7. The molecule has 132 valence electrons. The highest BCUT2D eigenvalue weighted by atomic mass is 79.9. The van der Waals surface area contributed by atoms with Gasteiger partial charge in [-0.05, 0) is 73.0 Å². The molecular formula is C18H10Br2F3N3. The van der Waals surface area contributed by atoms with Gasteiger partial charge < -0.3 is 5.73 Å². The van der Waals surface area contributed by atoms with Crippen molar-refractivity contribution in [2.45, 2.75) is 0 Å². The van der Waals surface area contributed by atoms with E-state index in [1.54, 1.807) is 12.1 Å². The zero-order valence-electron chi connectivity index (χ0n) is 13.0. The number of nitrogen functional groups attached to an aromatic ring is 1. The van der Waals surface area contributed by atoms with E-state index in [0.29, 0.717) is 25.8 Å². The molecule has 2 heterocycles. The van der Waals surface area contributed by atoms with Crippen molar-refractivity contribution < 1.29 is 13.2 Å². The first-order chi connectivity index (χ1) is 12.3. The minimum Gasteiger partial charge on any atom is -0.384 e. The van der Waals surface area contributed by atoms with E-state index in [0.717, 1.165) is 10.8 Å². The van der Waals surface area contributed by atoms with Gasteiger partial charge in [0, 0.05) is 16.8 Å². The molecular weight excluding hydrogens is 475 g/mol. The first-order valence-electron chi connectivity index (χ1n) is 7.26. The number of hydrogen-bond donors (Lipinski definition) is 1. The molecule has 4 aromatic rings. The monoisotopic (exact) mass is 483 g/mol. The van der Waals surface area contributed by atoms with Gasteiger partial charge in [0.1, 0.15) is 26.7 Å². The molecule has 2 aromatic carbocycles. The summed E-state index contributed by atoms with van der Waals surface area (Å²) in [6.07, 6.45) is 0.